The summed E-state index contributed by atoms with van der Waals surface area (Å²) in [5.74, 6) is 0.309. The lowest BCUT2D eigenvalue weighted by Crippen LogP contribution is -2.47. The molecular formula is C23H32N2O4S. The standard InChI is InChI=1S/C23H32N2O4S/c1-6-17-11-10-12-18(7-2)22(17)24-23(26)21(8-3)25(30(5,27)28)19-13-15-20(16-14-19)29-9-4/h10-16,21H,6-9H2,1-5H3,(H,24,26)/t21-/m0/s1. The molecule has 2 aromatic carbocycles. The Kier molecular flexibility index (Phi) is 8.29. The first-order valence-corrected chi connectivity index (χ1v) is 12.2. The van der Waals surface area contributed by atoms with E-state index in [1.165, 1.54) is 4.31 Å². The largest absolute Gasteiger partial charge is 0.494 e. The van der Waals surface area contributed by atoms with E-state index in [1.807, 2.05) is 45.9 Å². The van der Waals surface area contributed by atoms with E-state index < -0.39 is 16.1 Å². The summed E-state index contributed by atoms with van der Waals surface area (Å²) in [7, 11) is -3.69. The van der Waals surface area contributed by atoms with E-state index in [-0.39, 0.29) is 5.91 Å². The van der Waals surface area contributed by atoms with Gasteiger partial charge in [-0.3, -0.25) is 9.10 Å². The molecule has 0 aliphatic rings. The van der Waals surface area contributed by atoms with Crippen LogP contribution in [0.5, 0.6) is 5.75 Å². The lowest BCUT2D eigenvalue weighted by atomic mass is 10.0. The summed E-state index contributed by atoms with van der Waals surface area (Å²) in [6, 6.07) is 11.8. The summed E-state index contributed by atoms with van der Waals surface area (Å²) in [5, 5.41) is 3.02. The van der Waals surface area contributed by atoms with Crippen LogP contribution >= 0.6 is 0 Å². The van der Waals surface area contributed by atoms with Crippen molar-refractivity contribution in [2.75, 3.05) is 22.5 Å². The highest BCUT2D eigenvalue weighted by molar-refractivity contribution is 7.92. The third-order valence-corrected chi connectivity index (χ3v) is 6.16. The predicted molar refractivity (Wildman–Crippen MR) is 123 cm³/mol. The van der Waals surface area contributed by atoms with Crippen molar-refractivity contribution in [3.63, 3.8) is 0 Å². The molecule has 1 atom stereocenters. The van der Waals surface area contributed by atoms with Gasteiger partial charge in [-0.25, -0.2) is 8.42 Å². The third-order valence-electron chi connectivity index (χ3n) is 4.98. The van der Waals surface area contributed by atoms with Crippen molar-refractivity contribution in [1.82, 2.24) is 0 Å². The van der Waals surface area contributed by atoms with Crippen LogP contribution in [0.2, 0.25) is 0 Å². The van der Waals surface area contributed by atoms with Gasteiger partial charge >= 0.3 is 0 Å². The second-order valence-corrected chi connectivity index (χ2v) is 8.92. The number of rotatable bonds is 10. The quantitative estimate of drug-likeness (QED) is 0.604. The number of anilines is 2. The molecule has 7 heteroatoms. The van der Waals surface area contributed by atoms with Crippen LogP contribution in [-0.4, -0.2) is 33.2 Å². The molecule has 0 saturated carbocycles. The van der Waals surface area contributed by atoms with Gasteiger partial charge in [0.1, 0.15) is 11.8 Å². The van der Waals surface area contributed by atoms with Crippen molar-refractivity contribution in [1.29, 1.82) is 0 Å². The van der Waals surface area contributed by atoms with Gasteiger partial charge in [-0.2, -0.15) is 0 Å². The Labute approximate surface area is 180 Å². The SMILES string of the molecule is CCOc1ccc(N([C@@H](CC)C(=O)Nc2c(CC)cccc2CC)S(C)(=O)=O)cc1. The van der Waals surface area contributed by atoms with Crippen LogP contribution in [0.25, 0.3) is 0 Å². The normalized spacial score (nSPS) is 12.3. The number of carbonyl (C=O) groups is 1. The number of hydrogen-bond donors (Lipinski definition) is 1. The van der Waals surface area contributed by atoms with Gasteiger partial charge in [-0.15, -0.1) is 0 Å². The van der Waals surface area contributed by atoms with Crippen molar-refractivity contribution in [2.45, 2.75) is 53.0 Å². The van der Waals surface area contributed by atoms with Gasteiger partial charge in [0.2, 0.25) is 15.9 Å². The van der Waals surface area contributed by atoms with Crippen LogP contribution in [0.15, 0.2) is 42.5 Å². The molecule has 164 valence electrons. The Morgan fingerprint density at radius 2 is 1.57 bits per heavy atom. The molecule has 0 spiro atoms. The van der Waals surface area contributed by atoms with E-state index in [2.05, 4.69) is 5.32 Å². The molecule has 0 aliphatic carbocycles. The van der Waals surface area contributed by atoms with Crippen LogP contribution in [0.3, 0.4) is 0 Å². The lowest BCUT2D eigenvalue weighted by Gasteiger charge is -2.30. The van der Waals surface area contributed by atoms with Gasteiger partial charge < -0.3 is 10.1 Å². The van der Waals surface area contributed by atoms with Gasteiger partial charge in [0.25, 0.3) is 0 Å². The maximum Gasteiger partial charge on any atom is 0.248 e. The average Bonchev–Trinajstić information content (AvgIpc) is 2.72. The zero-order valence-corrected chi connectivity index (χ0v) is 19.3. The Morgan fingerprint density at radius 3 is 2.00 bits per heavy atom. The van der Waals surface area contributed by atoms with Crippen LogP contribution in [0.1, 0.15) is 45.2 Å². The van der Waals surface area contributed by atoms with Crippen molar-refractivity contribution in [3.05, 3.63) is 53.6 Å². The number of ether oxygens (including phenoxy) is 1. The second-order valence-electron chi connectivity index (χ2n) is 7.06. The maximum atomic E-state index is 13.3. The first-order chi connectivity index (χ1) is 14.3. The van der Waals surface area contributed by atoms with Crippen LogP contribution in [-0.2, 0) is 27.7 Å². The molecule has 1 N–H and O–H groups in total. The molecule has 0 saturated heterocycles. The number of para-hydroxylation sites is 1. The van der Waals surface area contributed by atoms with Crippen molar-refractivity contribution < 1.29 is 17.9 Å². The van der Waals surface area contributed by atoms with E-state index in [1.54, 1.807) is 24.3 Å². The molecule has 0 aliphatic heterocycles. The van der Waals surface area contributed by atoms with Gasteiger partial charge in [0.15, 0.2) is 0 Å². The minimum atomic E-state index is -3.69. The van der Waals surface area contributed by atoms with E-state index >= 15 is 0 Å². The van der Waals surface area contributed by atoms with Gasteiger partial charge in [0.05, 0.1) is 18.6 Å². The Bertz CT molecular complexity index is 933. The number of carbonyl (C=O) groups excluding carboxylic acids is 1. The molecule has 0 bridgehead atoms. The molecule has 6 nitrogen and oxygen atoms in total. The highest BCUT2D eigenvalue weighted by atomic mass is 32.2. The van der Waals surface area contributed by atoms with E-state index in [0.29, 0.717) is 24.5 Å². The molecule has 0 heterocycles. The fourth-order valence-corrected chi connectivity index (χ4v) is 4.74. The number of hydrogen-bond acceptors (Lipinski definition) is 4. The molecule has 0 fully saturated rings. The Hall–Kier alpha value is -2.54. The molecule has 0 radical (unpaired) electrons. The van der Waals surface area contributed by atoms with Crippen LogP contribution < -0.4 is 14.4 Å². The van der Waals surface area contributed by atoms with Gasteiger partial charge in [0, 0.05) is 5.69 Å². The summed E-state index contributed by atoms with van der Waals surface area (Å²) in [6.07, 6.45) is 3.00. The summed E-state index contributed by atoms with van der Waals surface area (Å²) in [5.41, 5.74) is 3.28. The molecule has 30 heavy (non-hydrogen) atoms. The Morgan fingerprint density at radius 1 is 1.00 bits per heavy atom. The highest BCUT2D eigenvalue weighted by Crippen LogP contribution is 2.27. The summed E-state index contributed by atoms with van der Waals surface area (Å²) >= 11 is 0. The predicted octanol–water partition coefficient (Wildman–Crippen LogP) is 4.39. The monoisotopic (exact) mass is 432 g/mol. The number of amides is 1. The number of aryl methyl sites for hydroxylation is 2. The van der Waals surface area contributed by atoms with Crippen LogP contribution in [0.4, 0.5) is 11.4 Å². The summed E-state index contributed by atoms with van der Waals surface area (Å²) < 4.78 is 32.0. The van der Waals surface area contributed by atoms with E-state index in [0.717, 1.165) is 35.9 Å². The molecule has 2 aromatic rings. The van der Waals surface area contributed by atoms with E-state index in [9.17, 15) is 13.2 Å². The molecule has 1 amide bonds. The van der Waals surface area contributed by atoms with E-state index in [4.69, 9.17) is 4.74 Å². The maximum absolute atomic E-state index is 13.3. The molecule has 0 unspecified atom stereocenters. The number of nitrogens with zero attached hydrogens (tertiary/aromatic N) is 1. The summed E-state index contributed by atoms with van der Waals surface area (Å²) in [4.78, 5) is 13.3. The highest BCUT2D eigenvalue weighted by Gasteiger charge is 2.32. The van der Waals surface area contributed by atoms with Crippen molar-refractivity contribution >= 4 is 27.3 Å². The van der Waals surface area contributed by atoms with Gasteiger partial charge in [-0.05, 0) is 61.6 Å². The number of benzene rings is 2. The van der Waals surface area contributed by atoms with Gasteiger partial charge in [-0.1, -0.05) is 39.0 Å². The lowest BCUT2D eigenvalue weighted by molar-refractivity contribution is -0.117. The fraction of sp³-hybridized carbons (Fsp3) is 0.435. The second kappa shape index (κ2) is 10.5. The van der Waals surface area contributed by atoms with Crippen molar-refractivity contribution in [3.8, 4) is 5.75 Å². The number of nitrogens with one attached hydrogen (secondary N) is 1. The average molecular weight is 433 g/mol. The minimum absolute atomic E-state index is 0.335. The van der Waals surface area contributed by atoms with Crippen LogP contribution in [0, 0.1) is 0 Å². The minimum Gasteiger partial charge on any atom is -0.494 e. The smallest absolute Gasteiger partial charge is 0.248 e. The zero-order valence-electron chi connectivity index (χ0n) is 18.4. The topological polar surface area (TPSA) is 75.7 Å². The fourth-order valence-electron chi connectivity index (χ4n) is 3.53. The Balaban J connectivity index is 2.42. The zero-order chi connectivity index (χ0) is 22.3. The first kappa shape index (κ1) is 23.7. The third kappa shape index (κ3) is 5.53. The number of sulfonamides is 1. The summed E-state index contributed by atoms with van der Waals surface area (Å²) in [6.45, 7) is 8.27. The molecule has 2 rings (SSSR count). The first-order valence-electron chi connectivity index (χ1n) is 10.4. The molecule has 0 aromatic heterocycles. The molecular weight excluding hydrogens is 400 g/mol. The van der Waals surface area contributed by atoms with Crippen molar-refractivity contribution in [2.24, 2.45) is 0 Å².